The van der Waals surface area contributed by atoms with Crippen molar-refractivity contribution in [1.29, 1.82) is 0 Å². The average molecular weight is 343 g/mol. The minimum Gasteiger partial charge on any atom is -0.465 e. The van der Waals surface area contributed by atoms with E-state index in [0.29, 0.717) is 6.54 Å². The van der Waals surface area contributed by atoms with Gasteiger partial charge in [0.15, 0.2) is 9.84 Å². The van der Waals surface area contributed by atoms with Crippen LogP contribution < -0.4 is 5.32 Å². The lowest BCUT2D eigenvalue weighted by Gasteiger charge is -2.36. The molecule has 2 saturated heterocycles. The molecule has 0 bridgehead atoms. The van der Waals surface area contributed by atoms with Gasteiger partial charge in [-0.2, -0.15) is 0 Å². The van der Waals surface area contributed by atoms with Crippen LogP contribution in [0.4, 0.5) is 0 Å². The van der Waals surface area contributed by atoms with Crippen LogP contribution in [0.1, 0.15) is 11.5 Å². The third-order valence-electron chi connectivity index (χ3n) is 3.75. The van der Waals surface area contributed by atoms with Gasteiger partial charge in [-0.05, 0) is 19.1 Å². The van der Waals surface area contributed by atoms with Gasteiger partial charge in [-0.15, -0.1) is 24.8 Å². The fourth-order valence-corrected chi connectivity index (χ4v) is 4.90. The van der Waals surface area contributed by atoms with Crippen LogP contribution in [0.5, 0.6) is 0 Å². The first-order valence-corrected chi connectivity index (χ1v) is 8.09. The quantitative estimate of drug-likeness (QED) is 0.868. The van der Waals surface area contributed by atoms with Crippen molar-refractivity contribution < 1.29 is 12.8 Å². The normalized spacial score (nSPS) is 28.2. The summed E-state index contributed by atoms with van der Waals surface area (Å²) in [4.78, 5) is 2.23. The number of aryl methyl sites for hydroxylation is 1. The number of sulfone groups is 1. The number of hydrogen-bond donors (Lipinski definition) is 1. The third kappa shape index (κ3) is 3.68. The maximum atomic E-state index is 11.7. The Bertz CT molecular complexity index is 547. The van der Waals surface area contributed by atoms with Crippen molar-refractivity contribution in [1.82, 2.24) is 10.2 Å². The first kappa shape index (κ1) is 17.8. The van der Waals surface area contributed by atoms with Gasteiger partial charge in [-0.1, -0.05) is 0 Å². The summed E-state index contributed by atoms with van der Waals surface area (Å²) < 4.78 is 29.0. The van der Waals surface area contributed by atoms with Gasteiger partial charge in [0.05, 0.1) is 18.1 Å². The number of hydrogen-bond acceptors (Lipinski definition) is 5. The van der Waals surface area contributed by atoms with E-state index in [4.69, 9.17) is 4.42 Å². The second-order valence-electron chi connectivity index (χ2n) is 5.19. The molecule has 0 spiro atoms. The molecule has 20 heavy (non-hydrogen) atoms. The van der Waals surface area contributed by atoms with Gasteiger partial charge in [0.25, 0.3) is 0 Å². The standard InChI is InChI=1S/C12H18N2O3S.2ClH/c1-9-2-3-10(17-9)6-14-5-4-13-11-7-18(15,16)8-12(11)14;;/h2-3,11-13H,4-8H2,1H3;2*1H/t11-,12+;;/m0../s1. The van der Waals surface area contributed by atoms with E-state index in [1.54, 1.807) is 0 Å². The van der Waals surface area contributed by atoms with Gasteiger partial charge in [0, 0.05) is 25.2 Å². The molecule has 2 fully saturated rings. The molecule has 1 N–H and O–H groups in total. The predicted molar refractivity (Wildman–Crippen MR) is 82.6 cm³/mol. The molecule has 1 aromatic heterocycles. The zero-order valence-electron chi connectivity index (χ0n) is 11.2. The topological polar surface area (TPSA) is 62.6 Å². The van der Waals surface area contributed by atoms with E-state index in [1.165, 1.54) is 0 Å². The van der Waals surface area contributed by atoms with Crippen LogP contribution in [0.15, 0.2) is 16.5 Å². The fraction of sp³-hybridized carbons (Fsp3) is 0.667. The summed E-state index contributed by atoms with van der Waals surface area (Å²) in [5.41, 5.74) is 0. The van der Waals surface area contributed by atoms with Gasteiger partial charge in [0.1, 0.15) is 11.5 Å². The summed E-state index contributed by atoms with van der Waals surface area (Å²) >= 11 is 0. The zero-order valence-corrected chi connectivity index (χ0v) is 13.7. The van der Waals surface area contributed by atoms with Crippen LogP contribution in [0, 0.1) is 6.92 Å². The molecule has 0 amide bonds. The van der Waals surface area contributed by atoms with Gasteiger partial charge < -0.3 is 9.73 Å². The van der Waals surface area contributed by atoms with Crippen molar-refractivity contribution in [3.63, 3.8) is 0 Å². The largest absolute Gasteiger partial charge is 0.465 e. The molecule has 0 aliphatic carbocycles. The van der Waals surface area contributed by atoms with Gasteiger partial charge in [-0.3, -0.25) is 4.90 Å². The van der Waals surface area contributed by atoms with Crippen LogP contribution in [0.25, 0.3) is 0 Å². The SMILES string of the molecule is Cc1ccc(CN2CCN[C@H]3CS(=O)(=O)C[C@H]32)o1.Cl.Cl. The molecule has 3 heterocycles. The highest BCUT2D eigenvalue weighted by Gasteiger charge is 2.42. The van der Waals surface area contributed by atoms with Gasteiger partial charge >= 0.3 is 0 Å². The molecule has 2 aliphatic heterocycles. The van der Waals surface area contributed by atoms with Crippen LogP contribution in [-0.2, 0) is 16.4 Å². The number of piperazine rings is 1. The Morgan fingerprint density at radius 1 is 1.35 bits per heavy atom. The molecule has 1 aromatic rings. The maximum absolute atomic E-state index is 11.7. The Morgan fingerprint density at radius 2 is 2.10 bits per heavy atom. The smallest absolute Gasteiger partial charge is 0.153 e. The highest BCUT2D eigenvalue weighted by atomic mass is 35.5. The van der Waals surface area contributed by atoms with Gasteiger partial charge in [-0.25, -0.2) is 8.42 Å². The first-order valence-electron chi connectivity index (χ1n) is 6.27. The average Bonchev–Trinajstić information content (AvgIpc) is 2.81. The molecule has 0 radical (unpaired) electrons. The molecule has 2 atom stereocenters. The summed E-state index contributed by atoms with van der Waals surface area (Å²) in [5.74, 6) is 2.35. The monoisotopic (exact) mass is 342 g/mol. The van der Waals surface area contributed by atoms with E-state index in [1.807, 2.05) is 19.1 Å². The van der Waals surface area contributed by atoms with E-state index in [2.05, 4.69) is 10.2 Å². The Kier molecular flexibility index (Phi) is 5.92. The fourth-order valence-electron chi connectivity index (χ4n) is 2.91. The molecule has 8 heteroatoms. The summed E-state index contributed by atoms with van der Waals surface area (Å²) in [6, 6.07) is 4.09. The lowest BCUT2D eigenvalue weighted by atomic mass is 10.1. The van der Waals surface area contributed by atoms with E-state index in [9.17, 15) is 8.42 Å². The molecule has 0 aromatic carbocycles. The molecule has 0 unspecified atom stereocenters. The minimum absolute atomic E-state index is 0. The third-order valence-corrected chi connectivity index (χ3v) is 5.47. The van der Waals surface area contributed by atoms with Crippen molar-refractivity contribution in [3.05, 3.63) is 23.7 Å². The van der Waals surface area contributed by atoms with Gasteiger partial charge in [0.2, 0.25) is 0 Å². The van der Waals surface area contributed by atoms with Crippen LogP contribution in [0.2, 0.25) is 0 Å². The van der Waals surface area contributed by atoms with E-state index >= 15 is 0 Å². The van der Waals surface area contributed by atoms with Crippen molar-refractivity contribution in [2.24, 2.45) is 0 Å². The molecule has 116 valence electrons. The summed E-state index contributed by atoms with van der Waals surface area (Å²) in [7, 11) is -2.88. The number of rotatable bonds is 2. The minimum atomic E-state index is -2.88. The van der Waals surface area contributed by atoms with E-state index < -0.39 is 9.84 Å². The molecule has 2 aliphatic rings. The highest BCUT2D eigenvalue weighted by Crippen LogP contribution is 2.23. The molecule has 5 nitrogen and oxygen atoms in total. The summed E-state index contributed by atoms with van der Waals surface area (Å²) in [6.07, 6.45) is 0. The second kappa shape index (κ2) is 6.66. The molecular weight excluding hydrogens is 323 g/mol. The Hall–Kier alpha value is -0.270. The van der Waals surface area contributed by atoms with Crippen LogP contribution >= 0.6 is 24.8 Å². The number of fused-ring (bicyclic) bond motifs is 1. The zero-order chi connectivity index (χ0) is 12.8. The van der Waals surface area contributed by atoms with Crippen molar-refractivity contribution in [2.45, 2.75) is 25.6 Å². The Labute approximate surface area is 131 Å². The lowest BCUT2D eigenvalue weighted by molar-refractivity contribution is 0.131. The van der Waals surface area contributed by atoms with E-state index in [-0.39, 0.29) is 48.4 Å². The van der Waals surface area contributed by atoms with Crippen LogP contribution in [-0.4, -0.2) is 50.0 Å². The van der Waals surface area contributed by atoms with Crippen molar-refractivity contribution in [2.75, 3.05) is 24.6 Å². The number of nitrogens with one attached hydrogen (secondary N) is 1. The second-order valence-corrected chi connectivity index (χ2v) is 7.34. The summed E-state index contributed by atoms with van der Waals surface area (Å²) in [5, 5.41) is 3.31. The molecule has 0 saturated carbocycles. The Balaban J connectivity index is 0.000001000. The molecular formula is C12H20Cl2N2O3S. The van der Waals surface area contributed by atoms with Crippen molar-refractivity contribution >= 4 is 34.7 Å². The predicted octanol–water partition coefficient (Wildman–Crippen LogP) is 1.00. The number of nitrogens with zero attached hydrogens (tertiary/aromatic N) is 1. The van der Waals surface area contributed by atoms with E-state index in [0.717, 1.165) is 24.6 Å². The van der Waals surface area contributed by atoms with Crippen LogP contribution in [0.3, 0.4) is 0 Å². The number of halogens is 2. The highest BCUT2D eigenvalue weighted by molar-refractivity contribution is 7.91. The maximum Gasteiger partial charge on any atom is 0.153 e. The molecule has 3 rings (SSSR count). The first-order chi connectivity index (χ1) is 8.53. The number of furan rings is 1. The van der Waals surface area contributed by atoms with Crippen molar-refractivity contribution in [3.8, 4) is 0 Å². The lowest BCUT2D eigenvalue weighted by Crippen LogP contribution is -2.56. The Morgan fingerprint density at radius 3 is 2.75 bits per heavy atom. The summed E-state index contributed by atoms with van der Waals surface area (Å²) in [6.45, 7) is 4.34.